The van der Waals surface area contributed by atoms with Gasteiger partial charge in [0.15, 0.2) is 5.78 Å². The van der Waals surface area contributed by atoms with Crippen LogP contribution in [0.1, 0.15) is 26.5 Å². The number of alkyl halides is 3. The Balaban J connectivity index is 2.16. The normalized spacial score (nSPS) is 12.0. The van der Waals surface area contributed by atoms with E-state index in [0.717, 1.165) is 11.3 Å². The summed E-state index contributed by atoms with van der Waals surface area (Å²) in [7, 11) is 0. The van der Waals surface area contributed by atoms with Crippen molar-refractivity contribution in [2.45, 2.75) is 12.6 Å². The van der Waals surface area contributed by atoms with Gasteiger partial charge >= 0.3 is 6.18 Å². The van der Waals surface area contributed by atoms with E-state index in [4.69, 9.17) is 0 Å². The van der Waals surface area contributed by atoms with Crippen LogP contribution < -0.4 is 5.43 Å². The van der Waals surface area contributed by atoms with Gasteiger partial charge in [-0.2, -0.15) is 18.3 Å². The van der Waals surface area contributed by atoms with Gasteiger partial charge in [0.2, 0.25) is 0 Å². The van der Waals surface area contributed by atoms with Crippen molar-refractivity contribution in [3.63, 3.8) is 0 Å². The van der Waals surface area contributed by atoms with Crippen molar-refractivity contribution < 1.29 is 27.9 Å². The second kappa shape index (κ2) is 7.26. The number of carbonyl (C=O) groups excluding carboxylic acids is 2. The Labute approximate surface area is 138 Å². The predicted octanol–water partition coefficient (Wildman–Crippen LogP) is 3.37. The minimum atomic E-state index is -4.88. The number of ketones is 1. The topological polar surface area (TPSA) is 78.8 Å². The van der Waals surface area contributed by atoms with E-state index in [2.05, 4.69) is 5.10 Å². The summed E-state index contributed by atoms with van der Waals surface area (Å²) in [6, 6.07) is 8.28. The van der Waals surface area contributed by atoms with Crippen LogP contribution in [-0.2, 0) is 0 Å². The number of thiophene rings is 1. The third-order valence-corrected chi connectivity index (χ3v) is 3.80. The molecule has 1 aromatic carbocycles. The fourth-order valence-electron chi connectivity index (χ4n) is 1.72. The van der Waals surface area contributed by atoms with Gasteiger partial charge < -0.3 is 5.11 Å². The number of aromatic hydroxyl groups is 1. The number of carbonyl (C=O) groups is 2. The third kappa shape index (κ3) is 4.42. The fraction of sp³-hybridized carbons (Fsp3) is 0.133. The molecule has 126 valence electrons. The van der Waals surface area contributed by atoms with E-state index >= 15 is 0 Å². The van der Waals surface area contributed by atoms with E-state index in [-0.39, 0.29) is 10.4 Å². The lowest BCUT2D eigenvalue weighted by Gasteiger charge is -2.10. The molecule has 0 aliphatic carbocycles. The largest absolute Gasteiger partial charge is 0.507 e. The van der Waals surface area contributed by atoms with E-state index in [1.807, 2.05) is 0 Å². The monoisotopic (exact) mass is 356 g/mol. The molecule has 2 aromatic rings. The zero-order valence-electron chi connectivity index (χ0n) is 12.0. The molecule has 0 aliphatic heterocycles. The highest BCUT2D eigenvalue weighted by molar-refractivity contribution is 7.12. The van der Waals surface area contributed by atoms with Crippen molar-refractivity contribution in [1.29, 1.82) is 0 Å². The summed E-state index contributed by atoms with van der Waals surface area (Å²) in [5.41, 5.74) is 0.0618. The third-order valence-electron chi connectivity index (χ3n) is 2.89. The Bertz CT molecular complexity index is 771. The number of Topliss-reactive ketones (excluding diaryl/α,β-unsaturated/α-hetero) is 1. The number of hydrazone groups is 1. The Kier molecular flexibility index (Phi) is 5.35. The number of hydrogen-bond acceptors (Lipinski definition) is 5. The zero-order chi connectivity index (χ0) is 17.7. The quantitative estimate of drug-likeness (QED) is 0.490. The van der Waals surface area contributed by atoms with Crippen molar-refractivity contribution in [3.8, 4) is 5.75 Å². The molecule has 2 N–H and O–H groups in total. The lowest BCUT2D eigenvalue weighted by atomic mass is 10.1. The van der Waals surface area contributed by atoms with Crippen LogP contribution in [0.25, 0.3) is 0 Å². The second-order valence-electron chi connectivity index (χ2n) is 4.59. The molecule has 1 amide bonds. The van der Waals surface area contributed by atoms with Gasteiger partial charge in [0, 0.05) is 0 Å². The molecule has 0 atom stereocenters. The van der Waals surface area contributed by atoms with Crippen LogP contribution in [0, 0.1) is 0 Å². The van der Waals surface area contributed by atoms with Gasteiger partial charge in [0.25, 0.3) is 5.91 Å². The summed E-state index contributed by atoms with van der Waals surface area (Å²) in [5, 5.41) is 14.1. The molecule has 0 aliphatic rings. The van der Waals surface area contributed by atoms with Crippen LogP contribution in [0.5, 0.6) is 5.75 Å². The molecule has 24 heavy (non-hydrogen) atoms. The molecule has 1 aromatic heterocycles. The Morgan fingerprint density at radius 2 is 1.88 bits per heavy atom. The Hall–Kier alpha value is -2.68. The van der Waals surface area contributed by atoms with Crippen molar-refractivity contribution >= 4 is 28.7 Å². The molecule has 0 saturated heterocycles. The average Bonchev–Trinajstić information content (AvgIpc) is 3.04. The van der Waals surface area contributed by atoms with Gasteiger partial charge in [-0.25, -0.2) is 5.43 Å². The molecule has 9 heteroatoms. The van der Waals surface area contributed by atoms with Gasteiger partial charge in [-0.05, 0) is 23.6 Å². The molecular formula is C15H11F3N2O3S. The number of halogens is 3. The first-order chi connectivity index (χ1) is 11.3. The summed E-state index contributed by atoms with van der Waals surface area (Å²) in [6.07, 6.45) is -5.87. The molecule has 0 fully saturated rings. The number of amides is 1. The Morgan fingerprint density at radius 1 is 1.17 bits per heavy atom. The highest BCUT2D eigenvalue weighted by atomic mass is 32.1. The number of rotatable bonds is 5. The molecule has 0 unspecified atom stereocenters. The lowest BCUT2D eigenvalue weighted by Crippen LogP contribution is -2.30. The first-order valence-corrected chi connectivity index (χ1v) is 7.46. The summed E-state index contributed by atoms with van der Waals surface area (Å²) in [5.74, 6) is -2.16. The van der Waals surface area contributed by atoms with Crippen LogP contribution in [0.2, 0.25) is 0 Å². The molecule has 5 nitrogen and oxygen atoms in total. The van der Waals surface area contributed by atoms with Crippen molar-refractivity contribution in [3.05, 3.63) is 52.2 Å². The highest BCUT2D eigenvalue weighted by Gasteiger charge is 2.37. The number of hydrogen-bond donors (Lipinski definition) is 2. The second-order valence-corrected chi connectivity index (χ2v) is 5.54. The standard InChI is InChI=1S/C15H11F3N2O3S/c16-15(17,18)13(8-11(22)12-6-3-7-24-12)19-20-14(23)9-4-1-2-5-10(9)21/h1-7,21H,8H2,(H,20,23)/b19-13+. The summed E-state index contributed by atoms with van der Waals surface area (Å²) in [4.78, 5) is 23.8. The SMILES string of the molecule is O=C(C/C(=N\NC(=O)c1ccccc1O)C(F)(F)F)c1cccs1. The first kappa shape index (κ1) is 17.7. The van der Waals surface area contributed by atoms with Crippen molar-refractivity contribution in [2.75, 3.05) is 0 Å². The first-order valence-electron chi connectivity index (χ1n) is 6.58. The van der Waals surface area contributed by atoms with Crippen LogP contribution in [-0.4, -0.2) is 28.7 Å². The summed E-state index contributed by atoms with van der Waals surface area (Å²) in [6.45, 7) is 0. The smallest absolute Gasteiger partial charge is 0.431 e. The van der Waals surface area contributed by atoms with E-state index in [9.17, 15) is 27.9 Å². The van der Waals surface area contributed by atoms with Crippen molar-refractivity contribution in [1.82, 2.24) is 5.43 Å². The minimum Gasteiger partial charge on any atom is -0.507 e. The van der Waals surface area contributed by atoms with Gasteiger partial charge in [-0.3, -0.25) is 9.59 Å². The maximum atomic E-state index is 13.0. The molecule has 0 saturated carbocycles. The van der Waals surface area contributed by atoms with Gasteiger partial charge in [0.1, 0.15) is 11.5 Å². The molecular weight excluding hydrogens is 345 g/mol. The average molecular weight is 356 g/mol. The molecule has 1 heterocycles. The number of phenols is 1. The molecule has 0 radical (unpaired) electrons. The zero-order valence-corrected chi connectivity index (χ0v) is 12.8. The molecule has 2 rings (SSSR count). The number of para-hydroxylation sites is 1. The number of benzene rings is 1. The highest BCUT2D eigenvalue weighted by Crippen LogP contribution is 2.22. The van der Waals surface area contributed by atoms with E-state index in [1.165, 1.54) is 30.3 Å². The van der Waals surface area contributed by atoms with E-state index < -0.39 is 35.7 Å². The van der Waals surface area contributed by atoms with E-state index in [0.29, 0.717) is 0 Å². The van der Waals surface area contributed by atoms with Crippen LogP contribution in [0.15, 0.2) is 46.9 Å². The van der Waals surface area contributed by atoms with E-state index in [1.54, 1.807) is 16.9 Å². The maximum Gasteiger partial charge on any atom is 0.431 e. The fourth-order valence-corrected chi connectivity index (χ4v) is 2.39. The molecule has 0 bridgehead atoms. The van der Waals surface area contributed by atoms with Crippen LogP contribution in [0.4, 0.5) is 13.2 Å². The minimum absolute atomic E-state index is 0.166. The Morgan fingerprint density at radius 3 is 2.46 bits per heavy atom. The maximum absolute atomic E-state index is 13.0. The predicted molar refractivity (Wildman–Crippen MR) is 82.3 cm³/mol. The number of phenolic OH excluding ortho intramolecular Hbond substituents is 1. The summed E-state index contributed by atoms with van der Waals surface area (Å²) >= 11 is 1.01. The van der Waals surface area contributed by atoms with Crippen molar-refractivity contribution in [2.24, 2.45) is 5.10 Å². The lowest BCUT2D eigenvalue weighted by molar-refractivity contribution is -0.0605. The number of nitrogens with zero attached hydrogens (tertiary/aromatic N) is 1. The number of nitrogens with one attached hydrogen (secondary N) is 1. The van der Waals surface area contributed by atoms with Gasteiger partial charge in [-0.15, -0.1) is 11.3 Å². The van der Waals surface area contributed by atoms with Crippen LogP contribution in [0.3, 0.4) is 0 Å². The summed E-state index contributed by atoms with van der Waals surface area (Å²) < 4.78 is 38.9. The van der Waals surface area contributed by atoms with Gasteiger partial charge in [-0.1, -0.05) is 18.2 Å². The van der Waals surface area contributed by atoms with Crippen LogP contribution >= 0.6 is 11.3 Å². The van der Waals surface area contributed by atoms with Gasteiger partial charge in [0.05, 0.1) is 16.9 Å². The molecule has 0 spiro atoms.